The lowest BCUT2D eigenvalue weighted by atomic mass is 9.95. The Kier molecular flexibility index (Phi) is 6.14. The van der Waals surface area contributed by atoms with Gasteiger partial charge in [0.1, 0.15) is 0 Å². The van der Waals surface area contributed by atoms with Crippen molar-refractivity contribution in [2.75, 3.05) is 18.0 Å². The van der Waals surface area contributed by atoms with Gasteiger partial charge in [0.25, 0.3) is 0 Å². The summed E-state index contributed by atoms with van der Waals surface area (Å²) in [6, 6.07) is 17.1. The Morgan fingerprint density at radius 1 is 1.21 bits per heavy atom. The van der Waals surface area contributed by atoms with Crippen molar-refractivity contribution in [1.82, 2.24) is 10.3 Å². The monoisotopic (exact) mass is 407 g/mol. The average Bonchev–Trinajstić information content (AvgIpc) is 3.16. The van der Waals surface area contributed by atoms with E-state index in [9.17, 15) is 4.79 Å². The van der Waals surface area contributed by atoms with Gasteiger partial charge >= 0.3 is 0 Å². The molecule has 0 bridgehead atoms. The van der Waals surface area contributed by atoms with Crippen LogP contribution in [0.2, 0.25) is 0 Å². The zero-order valence-electron chi connectivity index (χ0n) is 17.2. The van der Waals surface area contributed by atoms with Crippen LogP contribution >= 0.6 is 11.3 Å². The molecule has 0 spiro atoms. The van der Waals surface area contributed by atoms with E-state index in [-0.39, 0.29) is 17.9 Å². The van der Waals surface area contributed by atoms with Crippen molar-refractivity contribution >= 4 is 32.6 Å². The van der Waals surface area contributed by atoms with E-state index in [4.69, 9.17) is 4.98 Å². The molecule has 1 amide bonds. The van der Waals surface area contributed by atoms with Crippen LogP contribution in [-0.4, -0.2) is 30.0 Å². The van der Waals surface area contributed by atoms with Gasteiger partial charge in [-0.3, -0.25) is 4.79 Å². The molecule has 0 saturated carbocycles. The van der Waals surface area contributed by atoms with E-state index in [0.717, 1.165) is 49.4 Å². The number of hydrogen-bond donors (Lipinski definition) is 1. The Morgan fingerprint density at radius 2 is 1.97 bits per heavy atom. The number of aryl methyl sites for hydroxylation is 2. The number of carbonyl (C=O) groups excluding carboxylic acids is 1. The van der Waals surface area contributed by atoms with Crippen molar-refractivity contribution in [3.63, 3.8) is 0 Å². The first-order valence-corrected chi connectivity index (χ1v) is 11.4. The second-order valence-electron chi connectivity index (χ2n) is 8.16. The highest BCUT2D eigenvalue weighted by Crippen LogP contribution is 2.32. The Hall–Kier alpha value is -2.40. The Balaban J connectivity index is 1.26. The number of hydrogen-bond acceptors (Lipinski definition) is 4. The van der Waals surface area contributed by atoms with Crippen molar-refractivity contribution in [2.24, 2.45) is 5.92 Å². The molecule has 5 heteroatoms. The summed E-state index contributed by atoms with van der Waals surface area (Å²) in [6.07, 6.45) is 3.76. The maximum absolute atomic E-state index is 12.7. The predicted molar refractivity (Wildman–Crippen MR) is 122 cm³/mol. The molecule has 1 N–H and O–H groups in total. The molecular formula is C24H29N3OS. The third-order valence-corrected chi connectivity index (χ3v) is 6.85. The van der Waals surface area contributed by atoms with Crippen molar-refractivity contribution in [2.45, 2.75) is 45.6 Å². The first kappa shape index (κ1) is 19.9. The highest BCUT2D eigenvalue weighted by Gasteiger charge is 2.27. The van der Waals surface area contributed by atoms with Crippen LogP contribution in [-0.2, 0) is 11.2 Å². The van der Waals surface area contributed by atoms with Gasteiger partial charge in [-0.15, -0.1) is 0 Å². The standard InChI is InChI=1S/C24H29N3OS/c1-17-8-11-21-22(16-17)29-24(26-21)27-14-12-20(13-15-27)23(28)25-18(2)9-10-19-6-4-3-5-7-19/h3-8,11,16,18,20H,9-10,12-15H2,1-2H3,(H,25,28). The molecule has 1 atom stereocenters. The molecule has 152 valence electrons. The molecule has 2 aromatic carbocycles. The SMILES string of the molecule is Cc1ccc2nc(N3CCC(C(=O)NC(C)CCc4ccccc4)CC3)sc2c1. The summed E-state index contributed by atoms with van der Waals surface area (Å²) in [5, 5.41) is 4.32. The van der Waals surface area contributed by atoms with Crippen LogP contribution in [0, 0.1) is 12.8 Å². The molecule has 1 aromatic heterocycles. The summed E-state index contributed by atoms with van der Waals surface area (Å²) in [5.74, 6) is 0.326. The molecule has 4 nitrogen and oxygen atoms in total. The molecule has 1 saturated heterocycles. The van der Waals surface area contributed by atoms with E-state index in [1.165, 1.54) is 15.8 Å². The largest absolute Gasteiger partial charge is 0.353 e. The summed E-state index contributed by atoms with van der Waals surface area (Å²) in [5.41, 5.74) is 3.67. The molecular weight excluding hydrogens is 378 g/mol. The van der Waals surface area contributed by atoms with Gasteiger partial charge in [0, 0.05) is 25.0 Å². The van der Waals surface area contributed by atoms with Crippen LogP contribution in [0.3, 0.4) is 0 Å². The second-order valence-corrected chi connectivity index (χ2v) is 9.17. The summed E-state index contributed by atoms with van der Waals surface area (Å²) in [6.45, 7) is 6.02. The number of carbonyl (C=O) groups is 1. The van der Waals surface area contributed by atoms with Crippen LogP contribution in [0.4, 0.5) is 5.13 Å². The smallest absolute Gasteiger partial charge is 0.223 e. The lowest BCUT2D eigenvalue weighted by Gasteiger charge is -2.31. The highest BCUT2D eigenvalue weighted by molar-refractivity contribution is 7.22. The van der Waals surface area contributed by atoms with Gasteiger partial charge in [0.05, 0.1) is 10.2 Å². The minimum absolute atomic E-state index is 0.113. The third kappa shape index (κ3) is 4.96. The van der Waals surface area contributed by atoms with Gasteiger partial charge in [-0.1, -0.05) is 47.7 Å². The third-order valence-electron chi connectivity index (χ3n) is 5.77. The van der Waals surface area contributed by atoms with Crippen LogP contribution in [0.15, 0.2) is 48.5 Å². The summed E-state index contributed by atoms with van der Waals surface area (Å²) < 4.78 is 1.24. The predicted octanol–water partition coefficient (Wildman–Crippen LogP) is 4.96. The van der Waals surface area contributed by atoms with Gasteiger partial charge in [0.2, 0.25) is 5.91 Å². The number of amides is 1. The quantitative estimate of drug-likeness (QED) is 0.628. The van der Waals surface area contributed by atoms with E-state index in [2.05, 4.69) is 66.5 Å². The first-order chi connectivity index (χ1) is 14.1. The Bertz CT molecular complexity index is 961. The van der Waals surface area contributed by atoms with Crippen LogP contribution in [0.25, 0.3) is 10.2 Å². The van der Waals surface area contributed by atoms with Gasteiger partial charge in [-0.2, -0.15) is 0 Å². The number of thiazole rings is 1. The van der Waals surface area contributed by atoms with E-state index in [0.29, 0.717) is 0 Å². The normalized spacial score (nSPS) is 16.1. The Labute approximate surface area is 177 Å². The number of nitrogens with one attached hydrogen (secondary N) is 1. The van der Waals surface area contributed by atoms with Gasteiger partial charge < -0.3 is 10.2 Å². The zero-order chi connectivity index (χ0) is 20.2. The summed E-state index contributed by atoms with van der Waals surface area (Å²) >= 11 is 1.76. The lowest BCUT2D eigenvalue weighted by Crippen LogP contribution is -2.43. The van der Waals surface area contributed by atoms with Crippen LogP contribution < -0.4 is 10.2 Å². The molecule has 1 unspecified atom stereocenters. The minimum atomic E-state index is 0.113. The molecule has 0 aliphatic carbocycles. The molecule has 0 radical (unpaired) electrons. The molecule has 1 aliphatic rings. The maximum atomic E-state index is 12.7. The molecule has 3 aromatic rings. The number of rotatable bonds is 6. The number of nitrogens with zero attached hydrogens (tertiary/aromatic N) is 2. The van der Waals surface area contributed by atoms with Crippen molar-refractivity contribution in [1.29, 1.82) is 0 Å². The van der Waals surface area contributed by atoms with Gasteiger partial charge in [0.15, 0.2) is 5.13 Å². The van der Waals surface area contributed by atoms with Gasteiger partial charge in [-0.05, 0) is 62.8 Å². The number of benzene rings is 2. The van der Waals surface area contributed by atoms with Crippen molar-refractivity contribution < 1.29 is 4.79 Å². The number of anilines is 1. The van der Waals surface area contributed by atoms with E-state index >= 15 is 0 Å². The number of fused-ring (bicyclic) bond motifs is 1. The number of piperidine rings is 1. The fourth-order valence-corrected chi connectivity index (χ4v) is 5.06. The molecule has 2 heterocycles. The lowest BCUT2D eigenvalue weighted by molar-refractivity contribution is -0.126. The van der Waals surface area contributed by atoms with E-state index in [1.54, 1.807) is 11.3 Å². The van der Waals surface area contributed by atoms with E-state index in [1.807, 2.05) is 6.07 Å². The fraction of sp³-hybridized carbons (Fsp3) is 0.417. The number of aromatic nitrogens is 1. The van der Waals surface area contributed by atoms with Crippen molar-refractivity contribution in [3.05, 3.63) is 59.7 Å². The first-order valence-electron chi connectivity index (χ1n) is 10.5. The molecule has 4 rings (SSSR count). The highest BCUT2D eigenvalue weighted by atomic mass is 32.1. The second kappa shape index (κ2) is 8.95. The van der Waals surface area contributed by atoms with Crippen LogP contribution in [0.1, 0.15) is 37.3 Å². The van der Waals surface area contributed by atoms with E-state index < -0.39 is 0 Å². The maximum Gasteiger partial charge on any atom is 0.223 e. The molecule has 1 fully saturated rings. The fourth-order valence-electron chi connectivity index (χ4n) is 3.95. The van der Waals surface area contributed by atoms with Crippen LogP contribution in [0.5, 0.6) is 0 Å². The summed E-state index contributed by atoms with van der Waals surface area (Å²) in [4.78, 5) is 19.8. The minimum Gasteiger partial charge on any atom is -0.353 e. The summed E-state index contributed by atoms with van der Waals surface area (Å²) in [7, 11) is 0. The van der Waals surface area contributed by atoms with Crippen molar-refractivity contribution in [3.8, 4) is 0 Å². The average molecular weight is 408 g/mol. The van der Waals surface area contributed by atoms with Gasteiger partial charge in [-0.25, -0.2) is 4.98 Å². The topological polar surface area (TPSA) is 45.2 Å². The zero-order valence-corrected chi connectivity index (χ0v) is 18.0. The molecule has 1 aliphatic heterocycles. The molecule has 29 heavy (non-hydrogen) atoms. The Morgan fingerprint density at radius 3 is 2.72 bits per heavy atom.